The monoisotopic (exact) mass is 379 g/mol. The van der Waals surface area contributed by atoms with Crippen LogP contribution in [0.5, 0.6) is 0 Å². The van der Waals surface area contributed by atoms with Crippen LogP contribution in [0.1, 0.15) is 19.8 Å². The molecule has 2 aromatic carbocycles. The highest BCUT2D eigenvalue weighted by Crippen LogP contribution is 2.22. The number of hydrogen-bond donors (Lipinski definition) is 3. The van der Waals surface area contributed by atoms with Crippen LogP contribution < -0.4 is 16.0 Å². The summed E-state index contributed by atoms with van der Waals surface area (Å²) in [6, 6.07) is 11.9. The van der Waals surface area contributed by atoms with Gasteiger partial charge >= 0.3 is 0 Å². The molecule has 0 aromatic heterocycles. The highest BCUT2D eigenvalue weighted by atomic mass is 35.5. The summed E-state index contributed by atoms with van der Waals surface area (Å²) in [7, 11) is 0. The Bertz CT molecular complexity index is 728. The minimum atomic E-state index is -0.209. The van der Waals surface area contributed by atoms with Gasteiger partial charge in [-0.2, -0.15) is 0 Å². The van der Waals surface area contributed by atoms with Crippen LogP contribution in [-0.4, -0.2) is 18.4 Å². The van der Waals surface area contributed by atoms with E-state index in [1.165, 1.54) is 0 Å². The highest BCUT2D eigenvalue weighted by molar-refractivity contribution is 6.35. The van der Waals surface area contributed by atoms with E-state index in [0.717, 1.165) is 6.42 Å². The fourth-order valence-corrected chi connectivity index (χ4v) is 2.66. The van der Waals surface area contributed by atoms with Crippen LogP contribution in [0.3, 0.4) is 0 Å². The molecule has 0 aliphatic heterocycles. The van der Waals surface area contributed by atoms with E-state index in [0.29, 0.717) is 33.5 Å². The van der Waals surface area contributed by atoms with Crippen LogP contribution in [0.4, 0.5) is 17.1 Å². The summed E-state index contributed by atoms with van der Waals surface area (Å²) in [6.07, 6.45) is 1.28. The molecule has 0 spiro atoms. The Morgan fingerprint density at radius 2 is 1.36 bits per heavy atom. The van der Waals surface area contributed by atoms with E-state index in [-0.39, 0.29) is 18.4 Å². The number of halogens is 2. The zero-order valence-electron chi connectivity index (χ0n) is 13.7. The number of anilines is 3. The van der Waals surface area contributed by atoms with Crippen molar-refractivity contribution in [3.05, 3.63) is 52.5 Å². The second-order valence-electron chi connectivity index (χ2n) is 5.44. The van der Waals surface area contributed by atoms with E-state index >= 15 is 0 Å². The van der Waals surface area contributed by atoms with E-state index in [1.54, 1.807) is 42.5 Å². The zero-order valence-corrected chi connectivity index (χ0v) is 15.2. The third kappa shape index (κ3) is 6.64. The molecule has 0 fully saturated rings. The molecule has 0 aliphatic carbocycles. The van der Waals surface area contributed by atoms with Crippen molar-refractivity contribution in [2.75, 3.05) is 22.5 Å². The lowest BCUT2D eigenvalue weighted by Gasteiger charge is -2.10. The second kappa shape index (κ2) is 9.30. The Morgan fingerprint density at radius 3 is 1.88 bits per heavy atom. The highest BCUT2D eigenvalue weighted by Gasteiger charge is 2.05. The van der Waals surface area contributed by atoms with Gasteiger partial charge in [0.05, 0.1) is 6.54 Å². The molecule has 0 bridgehead atoms. The Balaban J connectivity index is 1.84. The van der Waals surface area contributed by atoms with Gasteiger partial charge in [0.2, 0.25) is 11.8 Å². The lowest BCUT2D eigenvalue weighted by Crippen LogP contribution is -2.21. The minimum Gasteiger partial charge on any atom is -0.376 e. The van der Waals surface area contributed by atoms with E-state index in [1.807, 2.05) is 6.92 Å². The molecule has 0 radical (unpaired) electrons. The van der Waals surface area contributed by atoms with Crippen molar-refractivity contribution in [2.24, 2.45) is 0 Å². The largest absolute Gasteiger partial charge is 0.376 e. The first kappa shape index (κ1) is 19.1. The standard InChI is InChI=1S/C18H19Cl2N3O2/c1-2-3-17(24)22-14-4-6-15(7-5-14)23-18(25)11-21-16-9-12(19)8-13(20)10-16/h4-10,21H,2-3,11H2,1H3,(H,22,24)(H,23,25). The first-order valence-electron chi connectivity index (χ1n) is 7.86. The summed E-state index contributed by atoms with van der Waals surface area (Å²) in [5, 5.41) is 9.51. The van der Waals surface area contributed by atoms with Crippen molar-refractivity contribution in [1.29, 1.82) is 0 Å². The van der Waals surface area contributed by atoms with E-state index in [4.69, 9.17) is 23.2 Å². The first-order valence-corrected chi connectivity index (χ1v) is 8.61. The number of amides is 2. The summed E-state index contributed by atoms with van der Waals surface area (Å²) in [5.74, 6) is -0.234. The van der Waals surface area contributed by atoms with Gasteiger partial charge in [-0.3, -0.25) is 9.59 Å². The molecule has 7 heteroatoms. The van der Waals surface area contributed by atoms with Crippen LogP contribution >= 0.6 is 23.2 Å². The second-order valence-corrected chi connectivity index (χ2v) is 6.31. The van der Waals surface area contributed by atoms with Gasteiger partial charge in [0.25, 0.3) is 0 Å². The van der Waals surface area contributed by atoms with Crippen molar-refractivity contribution in [3.63, 3.8) is 0 Å². The number of carbonyl (C=O) groups excluding carboxylic acids is 2. The maximum Gasteiger partial charge on any atom is 0.243 e. The Labute approximate surface area is 156 Å². The minimum absolute atomic E-state index is 0.0244. The van der Waals surface area contributed by atoms with Crippen molar-refractivity contribution in [3.8, 4) is 0 Å². The van der Waals surface area contributed by atoms with Gasteiger partial charge in [-0.15, -0.1) is 0 Å². The molecule has 0 aliphatic rings. The predicted molar refractivity (Wildman–Crippen MR) is 104 cm³/mol. The van der Waals surface area contributed by atoms with Gasteiger partial charge < -0.3 is 16.0 Å². The molecule has 0 unspecified atom stereocenters. The molecule has 2 rings (SSSR count). The van der Waals surface area contributed by atoms with Gasteiger partial charge in [0.15, 0.2) is 0 Å². The fourth-order valence-electron chi connectivity index (χ4n) is 2.13. The maximum absolute atomic E-state index is 12.0. The van der Waals surface area contributed by atoms with Crippen molar-refractivity contribution < 1.29 is 9.59 Å². The summed E-state index contributed by atoms with van der Waals surface area (Å²) in [4.78, 5) is 23.5. The first-order chi connectivity index (χ1) is 12.0. The lowest BCUT2D eigenvalue weighted by atomic mass is 10.2. The molecular weight excluding hydrogens is 361 g/mol. The molecule has 0 atom stereocenters. The molecule has 25 heavy (non-hydrogen) atoms. The molecule has 3 N–H and O–H groups in total. The Morgan fingerprint density at radius 1 is 0.840 bits per heavy atom. The molecule has 2 amide bonds. The molecule has 132 valence electrons. The molecule has 2 aromatic rings. The molecular formula is C18H19Cl2N3O2. The molecule has 0 saturated heterocycles. The topological polar surface area (TPSA) is 70.2 Å². The third-order valence-electron chi connectivity index (χ3n) is 3.25. The van der Waals surface area contributed by atoms with Crippen LogP contribution in [0, 0.1) is 0 Å². The molecule has 0 saturated carbocycles. The number of carbonyl (C=O) groups is 2. The number of nitrogens with one attached hydrogen (secondary N) is 3. The normalized spacial score (nSPS) is 10.2. The van der Waals surface area contributed by atoms with Crippen LogP contribution in [0.25, 0.3) is 0 Å². The van der Waals surface area contributed by atoms with Crippen molar-refractivity contribution in [1.82, 2.24) is 0 Å². The van der Waals surface area contributed by atoms with E-state index in [2.05, 4.69) is 16.0 Å². The lowest BCUT2D eigenvalue weighted by molar-refractivity contribution is -0.116. The van der Waals surface area contributed by atoms with Crippen molar-refractivity contribution in [2.45, 2.75) is 19.8 Å². The van der Waals surface area contributed by atoms with Crippen molar-refractivity contribution >= 4 is 52.1 Å². The van der Waals surface area contributed by atoms with Gasteiger partial charge in [-0.1, -0.05) is 30.1 Å². The van der Waals surface area contributed by atoms with E-state index < -0.39 is 0 Å². The average molecular weight is 380 g/mol. The summed E-state index contributed by atoms with van der Waals surface area (Å²) < 4.78 is 0. The SMILES string of the molecule is CCCC(=O)Nc1ccc(NC(=O)CNc2cc(Cl)cc(Cl)c2)cc1. The number of hydrogen-bond acceptors (Lipinski definition) is 3. The predicted octanol–water partition coefficient (Wildman–Crippen LogP) is 4.78. The van der Waals surface area contributed by atoms with Crippen LogP contribution in [0.2, 0.25) is 10.0 Å². The molecule has 0 heterocycles. The van der Waals surface area contributed by atoms with E-state index in [9.17, 15) is 9.59 Å². The summed E-state index contributed by atoms with van der Waals surface area (Å²) >= 11 is 11.8. The van der Waals surface area contributed by atoms with Gasteiger partial charge in [0, 0.05) is 33.5 Å². The van der Waals surface area contributed by atoms with Gasteiger partial charge in [-0.05, 0) is 48.9 Å². The quantitative estimate of drug-likeness (QED) is 0.647. The fraction of sp³-hybridized carbons (Fsp3) is 0.222. The summed E-state index contributed by atoms with van der Waals surface area (Å²) in [5.41, 5.74) is 2.01. The zero-order chi connectivity index (χ0) is 18.2. The summed E-state index contributed by atoms with van der Waals surface area (Å²) in [6.45, 7) is 2.02. The Hall–Kier alpha value is -2.24. The smallest absolute Gasteiger partial charge is 0.243 e. The van der Waals surface area contributed by atoms with Crippen LogP contribution in [0.15, 0.2) is 42.5 Å². The van der Waals surface area contributed by atoms with Gasteiger partial charge in [-0.25, -0.2) is 0 Å². The average Bonchev–Trinajstić information content (AvgIpc) is 2.54. The number of rotatable bonds is 7. The number of benzene rings is 2. The maximum atomic E-state index is 12.0. The Kier molecular flexibility index (Phi) is 7.10. The van der Waals surface area contributed by atoms with Gasteiger partial charge in [0.1, 0.15) is 0 Å². The molecule has 5 nitrogen and oxygen atoms in total. The third-order valence-corrected chi connectivity index (χ3v) is 3.68. The van der Waals surface area contributed by atoms with Crippen LogP contribution in [-0.2, 0) is 9.59 Å².